The normalized spacial score (nSPS) is 19.7. The maximum Gasteiger partial charge on any atom is 0.243 e. The van der Waals surface area contributed by atoms with E-state index >= 15 is 0 Å². The zero-order valence-corrected chi connectivity index (χ0v) is 13.9. The highest BCUT2D eigenvalue weighted by molar-refractivity contribution is 7.89. The van der Waals surface area contributed by atoms with E-state index in [4.69, 9.17) is 4.52 Å². The summed E-state index contributed by atoms with van der Waals surface area (Å²) in [4.78, 5) is 0.344. The maximum absolute atomic E-state index is 12.9. The Morgan fingerprint density at radius 1 is 1.18 bits per heavy atom. The van der Waals surface area contributed by atoms with E-state index in [1.165, 1.54) is 0 Å². The molecule has 1 unspecified atom stereocenters. The van der Waals surface area contributed by atoms with Gasteiger partial charge in [0.15, 0.2) is 0 Å². The van der Waals surface area contributed by atoms with E-state index in [2.05, 4.69) is 5.16 Å². The van der Waals surface area contributed by atoms with Crippen molar-refractivity contribution in [3.05, 3.63) is 46.8 Å². The van der Waals surface area contributed by atoms with Crippen molar-refractivity contribution >= 4 is 10.0 Å². The van der Waals surface area contributed by atoms with Crippen LogP contribution in [0.4, 0.5) is 0 Å². The molecular weight excluding hydrogens is 300 g/mol. The predicted octanol–water partition coefficient (Wildman–Crippen LogP) is 3.13. The second-order valence-electron chi connectivity index (χ2n) is 5.82. The van der Waals surface area contributed by atoms with E-state index in [1.807, 2.05) is 32.9 Å². The molecule has 1 aliphatic heterocycles. The smallest absolute Gasteiger partial charge is 0.243 e. The molecule has 2 heterocycles. The van der Waals surface area contributed by atoms with Crippen molar-refractivity contribution in [1.82, 2.24) is 9.46 Å². The Labute approximate surface area is 131 Å². The summed E-state index contributed by atoms with van der Waals surface area (Å²) < 4.78 is 32.7. The minimum absolute atomic E-state index is 0.183. The molecule has 1 aromatic carbocycles. The first-order chi connectivity index (χ1) is 10.4. The summed E-state index contributed by atoms with van der Waals surface area (Å²) in [5, 5.41) is 3.97. The fourth-order valence-corrected chi connectivity index (χ4v) is 4.79. The standard InChI is InChI=1S/C16H20N2O3S/c1-11-6-8-14(9-7-11)22(19,20)18-10-4-5-15(18)16-12(2)17-21-13(16)3/h6-9,15H,4-5,10H2,1-3H3. The first kappa shape index (κ1) is 15.2. The van der Waals surface area contributed by atoms with Gasteiger partial charge in [-0.05, 0) is 45.7 Å². The van der Waals surface area contributed by atoms with Crippen LogP contribution < -0.4 is 0 Å². The van der Waals surface area contributed by atoms with Crippen molar-refractivity contribution in [1.29, 1.82) is 0 Å². The molecule has 1 aliphatic rings. The van der Waals surface area contributed by atoms with Crippen LogP contribution in [-0.2, 0) is 10.0 Å². The van der Waals surface area contributed by atoms with Crippen molar-refractivity contribution < 1.29 is 12.9 Å². The van der Waals surface area contributed by atoms with Crippen molar-refractivity contribution in [3.8, 4) is 0 Å². The Morgan fingerprint density at radius 2 is 1.86 bits per heavy atom. The first-order valence-electron chi connectivity index (χ1n) is 7.42. The maximum atomic E-state index is 12.9. The summed E-state index contributed by atoms with van der Waals surface area (Å²) in [5.74, 6) is 0.702. The fraction of sp³-hybridized carbons (Fsp3) is 0.438. The fourth-order valence-electron chi connectivity index (χ4n) is 3.13. The van der Waals surface area contributed by atoms with Gasteiger partial charge in [-0.1, -0.05) is 22.9 Å². The van der Waals surface area contributed by atoms with Crippen molar-refractivity contribution in [2.75, 3.05) is 6.54 Å². The Kier molecular flexibility index (Phi) is 3.82. The predicted molar refractivity (Wildman–Crippen MR) is 83.0 cm³/mol. The number of hydrogen-bond acceptors (Lipinski definition) is 4. The molecule has 0 radical (unpaired) electrons. The van der Waals surface area contributed by atoms with Gasteiger partial charge in [0.2, 0.25) is 10.0 Å². The van der Waals surface area contributed by atoms with E-state index in [0.717, 1.165) is 29.7 Å². The molecule has 118 valence electrons. The lowest BCUT2D eigenvalue weighted by Gasteiger charge is -2.24. The molecule has 0 spiro atoms. The largest absolute Gasteiger partial charge is 0.361 e. The van der Waals surface area contributed by atoms with Gasteiger partial charge in [0.1, 0.15) is 5.76 Å². The van der Waals surface area contributed by atoms with Crippen LogP contribution in [0.5, 0.6) is 0 Å². The number of aromatic nitrogens is 1. The van der Waals surface area contributed by atoms with E-state index in [9.17, 15) is 8.42 Å². The summed E-state index contributed by atoms with van der Waals surface area (Å²) in [6.45, 7) is 6.18. The molecule has 22 heavy (non-hydrogen) atoms. The molecule has 0 saturated carbocycles. The summed E-state index contributed by atoms with van der Waals surface area (Å²) in [7, 11) is -3.50. The van der Waals surface area contributed by atoms with E-state index in [-0.39, 0.29) is 6.04 Å². The van der Waals surface area contributed by atoms with Gasteiger partial charge >= 0.3 is 0 Å². The van der Waals surface area contributed by atoms with Crippen LogP contribution >= 0.6 is 0 Å². The van der Waals surface area contributed by atoms with Crippen LogP contribution in [0.3, 0.4) is 0 Å². The topological polar surface area (TPSA) is 63.4 Å². The van der Waals surface area contributed by atoms with Crippen molar-refractivity contribution in [2.24, 2.45) is 0 Å². The lowest BCUT2D eigenvalue weighted by atomic mass is 10.0. The SMILES string of the molecule is Cc1ccc(S(=O)(=O)N2CCCC2c2c(C)noc2C)cc1. The number of rotatable bonds is 3. The molecule has 2 aromatic rings. The third kappa shape index (κ3) is 2.46. The molecule has 1 saturated heterocycles. The molecular formula is C16H20N2O3S. The summed E-state index contributed by atoms with van der Waals surface area (Å²) in [6, 6.07) is 6.82. The van der Waals surface area contributed by atoms with Gasteiger partial charge in [-0.2, -0.15) is 4.31 Å². The van der Waals surface area contributed by atoms with Crippen LogP contribution in [0.25, 0.3) is 0 Å². The van der Waals surface area contributed by atoms with Crippen molar-refractivity contribution in [3.63, 3.8) is 0 Å². The molecule has 0 amide bonds. The van der Waals surface area contributed by atoms with Gasteiger partial charge in [0, 0.05) is 12.1 Å². The van der Waals surface area contributed by atoms with Gasteiger partial charge in [0.05, 0.1) is 16.6 Å². The van der Waals surface area contributed by atoms with Crippen molar-refractivity contribution in [2.45, 2.75) is 44.6 Å². The molecule has 0 aliphatic carbocycles. The monoisotopic (exact) mass is 320 g/mol. The van der Waals surface area contributed by atoms with E-state index in [1.54, 1.807) is 16.4 Å². The lowest BCUT2D eigenvalue weighted by molar-refractivity contribution is 0.376. The lowest BCUT2D eigenvalue weighted by Crippen LogP contribution is -2.31. The van der Waals surface area contributed by atoms with Crippen LogP contribution in [0.1, 0.15) is 41.5 Å². The Balaban J connectivity index is 2.01. The van der Waals surface area contributed by atoms with Gasteiger partial charge in [-0.3, -0.25) is 0 Å². The number of aryl methyl sites for hydroxylation is 3. The number of sulfonamides is 1. The summed E-state index contributed by atoms with van der Waals surface area (Å²) in [6.07, 6.45) is 1.65. The Bertz CT molecular complexity index is 759. The Hall–Kier alpha value is -1.66. The third-order valence-electron chi connectivity index (χ3n) is 4.25. The Morgan fingerprint density at radius 3 is 2.45 bits per heavy atom. The highest BCUT2D eigenvalue weighted by Crippen LogP contribution is 2.39. The van der Waals surface area contributed by atoms with Crippen LogP contribution in [0.15, 0.2) is 33.7 Å². The zero-order valence-electron chi connectivity index (χ0n) is 13.0. The molecule has 1 atom stereocenters. The number of hydrogen-bond donors (Lipinski definition) is 0. The van der Waals surface area contributed by atoms with Gasteiger partial charge < -0.3 is 4.52 Å². The van der Waals surface area contributed by atoms with Gasteiger partial charge in [-0.15, -0.1) is 0 Å². The first-order valence-corrected chi connectivity index (χ1v) is 8.86. The van der Waals surface area contributed by atoms with Gasteiger partial charge in [0.25, 0.3) is 0 Å². The molecule has 6 heteroatoms. The second kappa shape index (κ2) is 5.52. The molecule has 5 nitrogen and oxygen atoms in total. The molecule has 1 aromatic heterocycles. The van der Waals surface area contributed by atoms with Crippen LogP contribution in [0, 0.1) is 20.8 Å². The van der Waals surface area contributed by atoms with Gasteiger partial charge in [-0.25, -0.2) is 8.42 Å². The second-order valence-corrected chi connectivity index (χ2v) is 7.72. The average Bonchev–Trinajstić information content (AvgIpc) is 3.06. The van der Waals surface area contributed by atoms with E-state index < -0.39 is 10.0 Å². The molecule has 0 N–H and O–H groups in total. The molecule has 1 fully saturated rings. The average molecular weight is 320 g/mol. The van der Waals surface area contributed by atoms with Crippen LogP contribution in [0.2, 0.25) is 0 Å². The van der Waals surface area contributed by atoms with Crippen LogP contribution in [-0.4, -0.2) is 24.4 Å². The molecule has 3 rings (SSSR count). The number of nitrogens with zero attached hydrogens (tertiary/aromatic N) is 2. The summed E-state index contributed by atoms with van der Waals surface area (Å²) >= 11 is 0. The minimum Gasteiger partial charge on any atom is -0.361 e. The summed E-state index contributed by atoms with van der Waals surface area (Å²) in [5.41, 5.74) is 2.73. The zero-order chi connectivity index (χ0) is 15.9. The third-order valence-corrected chi connectivity index (χ3v) is 6.18. The minimum atomic E-state index is -3.50. The number of benzene rings is 1. The highest BCUT2D eigenvalue weighted by atomic mass is 32.2. The van der Waals surface area contributed by atoms with E-state index in [0.29, 0.717) is 17.2 Å². The molecule has 0 bridgehead atoms. The highest BCUT2D eigenvalue weighted by Gasteiger charge is 2.38. The quantitative estimate of drug-likeness (QED) is 0.871.